The summed E-state index contributed by atoms with van der Waals surface area (Å²) in [5.74, 6) is -0.441. The average molecular weight is 261 g/mol. The molecule has 0 fully saturated rings. The van der Waals surface area contributed by atoms with E-state index in [-0.39, 0.29) is 17.7 Å². The summed E-state index contributed by atoms with van der Waals surface area (Å²) in [5, 5.41) is 3.22. The predicted octanol–water partition coefficient (Wildman–Crippen LogP) is 3.34. The zero-order valence-corrected chi connectivity index (χ0v) is 10.9. The molecule has 0 amide bonds. The third-order valence-electron chi connectivity index (χ3n) is 3.17. The van der Waals surface area contributed by atoms with Crippen LogP contribution in [0.1, 0.15) is 11.1 Å². The van der Waals surface area contributed by atoms with Crippen molar-refractivity contribution in [3.05, 3.63) is 71.3 Å². The lowest BCUT2D eigenvalue weighted by molar-refractivity contribution is 0.551. The number of halogens is 2. The topological polar surface area (TPSA) is 12.0 Å². The fourth-order valence-electron chi connectivity index (χ4n) is 2.13. The minimum absolute atomic E-state index is 0.201. The zero-order chi connectivity index (χ0) is 13.7. The Balaban J connectivity index is 2.02. The Morgan fingerprint density at radius 2 is 1.58 bits per heavy atom. The third-order valence-corrected chi connectivity index (χ3v) is 3.17. The molecule has 1 nitrogen and oxygen atoms in total. The minimum atomic E-state index is -0.227. The van der Waals surface area contributed by atoms with E-state index in [0.29, 0.717) is 0 Å². The molecule has 0 radical (unpaired) electrons. The summed E-state index contributed by atoms with van der Waals surface area (Å²) in [6.07, 6.45) is 1.53. The van der Waals surface area contributed by atoms with E-state index in [9.17, 15) is 8.78 Å². The van der Waals surface area contributed by atoms with Gasteiger partial charge in [0.05, 0.1) is 0 Å². The summed E-state index contributed by atoms with van der Waals surface area (Å²) in [4.78, 5) is 0. The van der Waals surface area contributed by atoms with E-state index in [1.54, 1.807) is 24.3 Å². The SMILES string of the molecule is CNC(Cc1ccc(F)cc1)Cc1cccc(F)c1. The summed E-state index contributed by atoms with van der Waals surface area (Å²) >= 11 is 0. The Kier molecular flexibility index (Phi) is 4.63. The molecule has 0 aromatic heterocycles. The molecule has 0 aliphatic heterocycles. The van der Waals surface area contributed by atoms with Crippen LogP contribution in [0.15, 0.2) is 48.5 Å². The first-order chi connectivity index (χ1) is 9.17. The van der Waals surface area contributed by atoms with E-state index >= 15 is 0 Å². The van der Waals surface area contributed by atoms with Gasteiger partial charge in [0.1, 0.15) is 11.6 Å². The molecule has 1 atom stereocenters. The first-order valence-electron chi connectivity index (χ1n) is 6.33. The highest BCUT2D eigenvalue weighted by Gasteiger charge is 2.09. The van der Waals surface area contributed by atoms with Crippen LogP contribution in [0, 0.1) is 11.6 Å². The summed E-state index contributed by atoms with van der Waals surface area (Å²) in [7, 11) is 1.88. The standard InChI is InChI=1S/C16H17F2N/c1-19-16(10-12-5-7-14(17)8-6-12)11-13-3-2-4-15(18)9-13/h2-9,16,19H,10-11H2,1H3. The van der Waals surface area contributed by atoms with Crippen LogP contribution in [-0.4, -0.2) is 13.1 Å². The number of nitrogens with one attached hydrogen (secondary N) is 1. The third kappa shape index (κ3) is 4.14. The summed E-state index contributed by atoms with van der Waals surface area (Å²) in [6.45, 7) is 0. The van der Waals surface area contributed by atoms with Crippen LogP contribution in [0.2, 0.25) is 0 Å². The average Bonchev–Trinajstić information content (AvgIpc) is 2.40. The predicted molar refractivity (Wildman–Crippen MR) is 73.1 cm³/mol. The van der Waals surface area contributed by atoms with Gasteiger partial charge >= 0.3 is 0 Å². The maximum absolute atomic E-state index is 13.1. The normalized spacial score (nSPS) is 12.4. The van der Waals surface area contributed by atoms with Crippen molar-refractivity contribution in [1.29, 1.82) is 0 Å². The summed E-state index contributed by atoms with van der Waals surface area (Å²) in [6, 6.07) is 13.3. The van der Waals surface area contributed by atoms with Crippen LogP contribution < -0.4 is 5.32 Å². The molecule has 1 unspecified atom stereocenters. The quantitative estimate of drug-likeness (QED) is 0.870. The van der Waals surface area contributed by atoms with Crippen LogP contribution >= 0.6 is 0 Å². The van der Waals surface area contributed by atoms with Crippen molar-refractivity contribution in [1.82, 2.24) is 5.32 Å². The van der Waals surface area contributed by atoms with Crippen molar-refractivity contribution in [3.8, 4) is 0 Å². The van der Waals surface area contributed by atoms with Gasteiger partial charge in [0.2, 0.25) is 0 Å². The van der Waals surface area contributed by atoms with Crippen LogP contribution in [0.4, 0.5) is 8.78 Å². The van der Waals surface area contributed by atoms with Crippen LogP contribution in [0.3, 0.4) is 0 Å². The van der Waals surface area contributed by atoms with Gasteiger partial charge in [0.15, 0.2) is 0 Å². The maximum Gasteiger partial charge on any atom is 0.123 e. The summed E-state index contributed by atoms with van der Waals surface area (Å²) in [5.41, 5.74) is 2.03. The van der Waals surface area contributed by atoms with Gasteiger partial charge in [-0.3, -0.25) is 0 Å². The molecule has 0 aliphatic rings. The molecule has 1 N–H and O–H groups in total. The maximum atomic E-state index is 13.1. The lowest BCUT2D eigenvalue weighted by Crippen LogP contribution is -2.29. The Morgan fingerprint density at radius 3 is 2.21 bits per heavy atom. The van der Waals surface area contributed by atoms with Crippen LogP contribution in [0.25, 0.3) is 0 Å². The Morgan fingerprint density at radius 1 is 0.895 bits per heavy atom. The Bertz CT molecular complexity index is 523. The van der Waals surface area contributed by atoms with Crippen molar-refractivity contribution in [3.63, 3.8) is 0 Å². The molecule has 100 valence electrons. The Labute approximate surface area is 112 Å². The first-order valence-corrected chi connectivity index (χ1v) is 6.33. The second kappa shape index (κ2) is 6.43. The molecule has 0 spiro atoms. The minimum Gasteiger partial charge on any atom is -0.316 e. The smallest absolute Gasteiger partial charge is 0.123 e. The van der Waals surface area contributed by atoms with Crippen molar-refractivity contribution < 1.29 is 8.78 Å². The van der Waals surface area contributed by atoms with Crippen molar-refractivity contribution >= 4 is 0 Å². The van der Waals surface area contributed by atoms with Gasteiger partial charge in [-0.1, -0.05) is 24.3 Å². The monoisotopic (exact) mass is 261 g/mol. The van der Waals surface area contributed by atoms with Gasteiger partial charge in [0.25, 0.3) is 0 Å². The molecule has 2 rings (SSSR count). The van der Waals surface area contributed by atoms with Gasteiger partial charge in [-0.05, 0) is 55.3 Å². The second-order valence-corrected chi connectivity index (χ2v) is 4.65. The molecule has 0 saturated heterocycles. The molecule has 19 heavy (non-hydrogen) atoms. The van der Waals surface area contributed by atoms with E-state index in [2.05, 4.69) is 5.32 Å². The van der Waals surface area contributed by atoms with Gasteiger partial charge in [-0.2, -0.15) is 0 Å². The van der Waals surface area contributed by atoms with Gasteiger partial charge in [-0.25, -0.2) is 8.78 Å². The van der Waals surface area contributed by atoms with E-state index in [0.717, 1.165) is 24.0 Å². The molecule has 0 heterocycles. The highest BCUT2D eigenvalue weighted by molar-refractivity contribution is 5.20. The Hall–Kier alpha value is -1.74. The molecule has 2 aromatic carbocycles. The van der Waals surface area contributed by atoms with Crippen molar-refractivity contribution in [2.45, 2.75) is 18.9 Å². The van der Waals surface area contributed by atoms with E-state index < -0.39 is 0 Å². The highest BCUT2D eigenvalue weighted by Crippen LogP contribution is 2.11. The number of likely N-dealkylation sites (N-methyl/N-ethyl adjacent to an activating group) is 1. The molecule has 0 aliphatic carbocycles. The highest BCUT2D eigenvalue weighted by atomic mass is 19.1. The van der Waals surface area contributed by atoms with Gasteiger partial charge in [0, 0.05) is 6.04 Å². The fourth-order valence-corrected chi connectivity index (χ4v) is 2.13. The zero-order valence-electron chi connectivity index (χ0n) is 10.9. The largest absolute Gasteiger partial charge is 0.316 e. The van der Waals surface area contributed by atoms with Crippen molar-refractivity contribution in [2.24, 2.45) is 0 Å². The van der Waals surface area contributed by atoms with Crippen LogP contribution in [-0.2, 0) is 12.8 Å². The molecule has 0 bridgehead atoms. The van der Waals surface area contributed by atoms with E-state index in [4.69, 9.17) is 0 Å². The number of rotatable bonds is 5. The van der Waals surface area contributed by atoms with Gasteiger partial charge in [-0.15, -0.1) is 0 Å². The lowest BCUT2D eigenvalue weighted by Gasteiger charge is -2.16. The van der Waals surface area contributed by atoms with E-state index in [1.807, 2.05) is 13.1 Å². The number of hydrogen-bond donors (Lipinski definition) is 1. The van der Waals surface area contributed by atoms with E-state index in [1.165, 1.54) is 18.2 Å². The summed E-state index contributed by atoms with van der Waals surface area (Å²) < 4.78 is 26.0. The first kappa shape index (κ1) is 13.7. The number of hydrogen-bond acceptors (Lipinski definition) is 1. The van der Waals surface area contributed by atoms with Crippen molar-refractivity contribution in [2.75, 3.05) is 7.05 Å². The number of benzene rings is 2. The molecular weight excluding hydrogens is 244 g/mol. The molecule has 2 aromatic rings. The molecular formula is C16H17F2N. The molecule has 3 heteroatoms. The fraction of sp³-hybridized carbons (Fsp3) is 0.250. The second-order valence-electron chi connectivity index (χ2n) is 4.65. The lowest BCUT2D eigenvalue weighted by atomic mass is 9.99. The van der Waals surface area contributed by atoms with Gasteiger partial charge < -0.3 is 5.32 Å². The molecule has 0 saturated carbocycles. The van der Waals surface area contributed by atoms with Crippen LogP contribution in [0.5, 0.6) is 0 Å².